The number of hydrogen-bond acceptors (Lipinski definition) is 7. The van der Waals surface area contributed by atoms with Gasteiger partial charge in [-0.1, -0.05) is 0 Å². The van der Waals surface area contributed by atoms with Crippen LogP contribution in [0.5, 0.6) is 23.0 Å². The maximum atomic E-state index is 12.2. The Bertz CT molecular complexity index is 1020. The van der Waals surface area contributed by atoms with Crippen LogP contribution in [0.2, 0.25) is 0 Å². The molecule has 2 aromatic carbocycles. The van der Waals surface area contributed by atoms with E-state index < -0.39 is 11.6 Å². The summed E-state index contributed by atoms with van der Waals surface area (Å²) in [4.78, 5) is 13.3. The topological polar surface area (TPSA) is 94.5 Å². The standard InChI is InChI=1S/C22H22O7S/c1-26-15-7-5-13(6-8-15)18-9-10-19(30-18)22(25,21(23)24)14-11-16(27-2)20(29-4)17(12-14)28-3/h5-12,25H,1-4H3,(H,23,24). The van der Waals surface area contributed by atoms with Gasteiger partial charge in [0, 0.05) is 10.4 Å². The smallest absolute Gasteiger partial charge is 0.346 e. The number of carbonyl (C=O) groups is 1. The number of ether oxygens (including phenoxy) is 4. The van der Waals surface area contributed by atoms with Crippen LogP contribution >= 0.6 is 11.3 Å². The zero-order valence-corrected chi connectivity index (χ0v) is 17.8. The van der Waals surface area contributed by atoms with E-state index in [0.29, 0.717) is 5.75 Å². The average Bonchev–Trinajstić information content (AvgIpc) is 3.28. The Morgan fingerprint density at radius 1 is 0.867 bits per heavy atom. The van der Waals surface area contributed by atoms with Crippen LogP contribution in [0.15, 0.2) is 48.5 Å². The van der Waals surface area contributed by atoms with Gasteiger partial charge in [-0.15, -0.1) is 11.3 Å². The van der Waals surface area contributed by atoms with Crippen LogP contribution in [0.3, 0.4) is 0 Å². The van der Waals surface area contributed by atoms with Crippen molar-refractivity contribution in [3.05, 3.63) is 59.0 Å². The zero-order chi connectivity index (χ0) is 21.9. The third kappa shape index (κ3) is 3.67. The van der Waals surface area contributed by atoms with E-state index >= 15 is 0 Å². The predicted molar refractivity (Wildman–Crippen MR) is 113 cm³/mol. The second-order valence-electron chi connectivity index (χ2n) is 6.32. The SMILES string of the molecule is COc1ccc(-c2ccc(C(O)(C(=O)O)c3cc(OC)c(OC)c(OC)c3)s2)cc1. The maximum Gasteiger partial charge on any atom is 0.346 e. The minimum atomic E-state index is -2.30. The lowest BCUT2D eigenvalue weighted by atomic mass is 9.91. The Morgan fingerprint density at radius 3 is 1.93 bits per heavy atom. The van der Waals surface area contributed by atoms with Crippen LogP contribution < -0.4 is 18.9 Å². The minimum Gasteiger partial charge on any atom is -0.497 e. The van der Waals surface area contributed by atoms with Gasteiger partial charge in [0.2, 0.25) is 11.4 Å². The van der Waals surface area contributed by atoms with Gasteiger partial charge in [-0.3, -0.25) is 0 Å². The van der Waals surface area contributed by atoms with E-state index in [-0.39, 0.29) is 21.9 Å². The summed E-state index contributed by atoms with van der Waals surface area (Å²) in [5.74, 6) is 0.105. The number of aliphatic carboxylic acids is 1. The highest BCUT2D eigenvalue weighted by Crippen LogP contribution is 2.45. The van der Waals surface area contributed by atoms with E-state index in [1.807, 2.05) is 24.3 Å². The van der Waals surface area contributed by atoms with Crippen molar-refractivity contribution >= 4 is 17.3 Å². The normalized spacial score (nSPS) is 12.7. The first-order valence-corrected chi connectivity index (χ1v) is 9.71. The van der Waals surface area contributed by atoms with Crippen LogP contribution in [0.25, 0.3) is 10.4 Å². The lowest BCUT2D eigenvalue weighted by molar-refractivity contribution is -0.154. The molecule has 1 heterocycles. The third-order valence-electron chi connectivity index (χ3n) is 4.73. The maximum absolute atomic E-state index is 12.2. The molecule has 3 aromatic rings. The molecule has 3 rings (SSSR count). The lowest BCUT2D eigenvalue weighted by Gasteiger charge is -2.24. The number of hydrogen-bond donors (Lipinski definition) is 2. The highest BCUT2D eigenvalue weighted by atomic mass is 32.1. The molecule has 0 saturated heterocycles. The van der Waals surface area contributed by atoms with Crippen LogP contribution in [0.1, 0.15) is 10.4 Å². The van der Waals surface area contributed by atoms with E-state index in [2.05, 4.69) is 0 Å². The molecule has 0 amide bonds. The number of carboxylic acids is 1. The van der Waals surface area contributed by atoms with Gasteiger partial charge < -0.3 is 29.2 Å². The van der Waals surface area contributed by atoms with Crippen LogP contribution in [-0.2, 0) is 10.4 Å². The van der Waals surface area contributed by atoms with E-state index in [9.17, 15) is 15.0 Å². The number of aliphatic hydroxyl groups is 1. The molecule has 0 fully saturated rings. The summed E-state index contributed by atoms with van der Waals surface area (Å²) in [6.07, 6.45) is 0. The molecule has 0 aliphatic heterocycles. The summed E-state index contributed by atoms with van der Waals surface area (Å²) in [6, 6.07) is 13.6. The summed E-state index contributed by atoms with van der Waals surface area (Å²) < 4.78 is 21.1. The van der Waals surface area contributed by atoms with E-state index in [1.165, 1.54) is 44.8 Å². The van der Waals surface area contributed by atoms with Gasteiger partial charge in [0.05, 0.1) is 33.3 Å². The quantitative estimate of drug-likeness (QED) is 0.562. The molecule has 1 atom stereocenters. The second-order valence-corrected chi connectivity index (χ2v) is 7.41. The highest BCUT2D eigenvalue weighted by molar-refractivity contribution is 7.15. The molecule has 30 heavy (non-hydrogen) atoms. The molecule has 0 spiro atoms. The molecule has 1 unspecified atom stereocenters. The van der Waals surface area contributed by atoms with Crippen molar-refractivity contribution in [3.8, 4) is 33.4 Å². The highest BCUT2D eigenvalue weighted by Gasteiger charge is 2.43. The van der Waals surface area contributed by atoms with Crippen molar-refractivity contribution < 1.29 is 34.0 Å². The molecule has 1 aromatic heterocycles. The molecular formula is C22H22O7S. The van der Waals surface area contributed by atoms with E-state index in [4.69, 9.17) is 18.9 Å². The zero-order valence-electron chi connectivity index (χ0n) is 17.0. The van der Waals surface area contributed by atoms with Crippen molar-refractivity contribution in [2.75, 3.05) is 28.4 Å². The molecule has 0 saturated carbocycles. The van der Waals surface area contributed by atoms with Crippen molar-refractivity contribution in [1.29, 1.82) is 0 Å². The second kappa shape index (κ2) is 8.64. The Morgan fingerprint density at radius 2 is 1.47 bits per heavy atom. The molecule has 7 nitrogen and oxygen atoms in total. The van der Waals surface area contributed by atoms with E-state index in [0.717, 1.165) is 16.2 Å². The summed E-state index contributed by atoms with van der Waals surface area (Å²) in [6.45, 7) is 0. The summed E-state index contributed by atoms with van der Waals surface area (Å²) >= 11 is 1.18. The number of carboxylic acid groups (broad SMARTS) is 1. The van der Waals surface area contributed by atoms with E-state index in [1.54, 1.807) is 19.2 Å². The van der Waals surface area contributed by atoms with Gasteiger partial charge in [-0.25, -0.2) is 4.79 Å². The molecule has 0 aliphatic carbocycles. The number of thiophene rings is 1. The van der Waals surface area contributed by atoms with Gasteiger partial charge in [-0.05, 0) is 54.1 Å². The predicted octanol–water partition coefficient (Wildman–Crippen LogP) is 3.77. The monoisotopic (exact) mass is 430 g/mol. The molecule has 0 radical (unpaired) electrons. The van der Waals surface area contributed by atoms with Crippen LogP contribution in [-0.4, -0.2) is 44.6 Å². The fourth-order valence-electron chi connectivity index (χ4n) is 3.10. The summed E-state index contributed by atoms with van der Waals surface area (Å²) in [5, 5.41) is 21.3. The van der Waals surface area contributed by atoms with Gasteiger partial charge in [-0.2, -0.15) is 0 Å². The fourth-order valence-corrected chi connectivity index (χ4v) is 4.22. The minimum absolute atomic E-state index is 0.0904. The number of benzene rings is 2. The first-order valence-electron chi connectivity index (χ1n) is 8.90. The van der Waals surface area contributed by atoms with Crippen molar-refractivity contribution in [2.45, 2.75) is 5.60 Å². The van der Waals surface area contributed by atoms with Crippen molar-refractivity contribution in [3.63, 3.8) is 0 Å². The third-order valence-corrected chi connectivity index (χ3v) is 5.97. The first-order chi connectivity index (χ1) is 14.4. The average molecular weight is 430 g/mol. The Balaban J connectivity index is 2.11. The van der Waals surface area contributed by atoms with Crippen LogP contribution in [0.4, 0.5) is 0 Å². The largest absolute Gasteiger partial charge is 0.497 e. The molecular weight excluding hydrogens is 408 g/mol. The molecule has 158 valence electrons. The fraction of sp³-hybridized carbons (Fsp3) is 0.227. The van der Waals surface area contributed by atoms with Gasteiger partial charge in [0.1, 0.15) is 5.75 Å². The molecule has 8 heteroatoms. The van der Waals surface area contributed by atoms with Crippen LogP contribution in [0, 0.1) is 0 Å². The molecule has 2 N–H and O–H groups in total. The number of rotatable bonds is 8. The summed E-state index contributed by atoms with van der Waals surface area (Å²) in [7, 11) is 5.88. The van der Waals surface area contributed by atoms with Gasteiger partial charge in [0.25, 0.3) is 0 Å². The Kier molecular flexibility index (Phi) is 6.19. The van der Waals surface area contributed by atoms with Crippen molar-refractivity contribution in [2.24, 2.45) is 0 Å². The Labute approximate surface area is 178 Å². The Hall–Kier alpha value is -3.23. The number of methoxy groups -OCH3 is 4. The lowest BCUT2D eigenvalue weighted by Crippen LogP contribution is -2.36. The summed E-state index contributed by atoms with van der Waals surface area (Å²) in [5.41, 5.74) is -1.33. The van der Waals surface area contributed by atoms with Gasteiger partial charge in [0.15, 0.2) is 11.5 Å². The van der Waals surface area contributed by atoms with Gasteiger partial charge >= 0.3 is 5.97 Å². The molecule has 0 bridgehead atoms. The van der Waals surface area contributed by atoms with Crippen molar-refractivity contribution in [1.82, 2.24) is 0 Å². The molecule has 0 aliphatic rings. The first kappa shape index (κ1) is 21.5.